The molecule has 1 heterocycles. The zero-order chi connectivity index (χ0) is 12.8. The van der Waals surface area contributed by atoms with E-state index in [-0.39, 0.29) is 6.10 Å². The predicted molar refractivity (Wildman–Crippen MR) is 74.2 cm³/mol. The Bertz CT molecular complexity index is 460. The second-order valence-corrected chi connectivity index (χ2v) is 6.66. The summed E-state index contributed by atoms with van der Waals surface area (Å²) in [6.45, 7) is 0.796. The molecule has 2 nitrogen and oxygen atoms in total. The van der Waals surface area contributed by atoms with Gasteiger partial charge in [0.1, 0.15) is 5.75 Å². The van der Waals surface area contributed by atoms with Crippen molar-refractivity contribution in [1.82, 2.24) is 0 Å². The van der Waals surface area contributed by atoms with Crippen molar-refractivity contribution in [2.75, 3.05) is 6.61 Å². The monoisotopic (exact) mass is 258 g/mol. The number of benzene rings is 1. The lowest BCUT2D eigenvalue weighted by Gasteiger charge is -2.29. The summed E-state index contributed by atoms with van der Waals surface area (Å²) in [5.41, 5.74) is 1.30. The van der Waals surface area contributed by atoms with Crippen LogP contribution in [-0.2, 0) is 0 Å². The molecular formula is C17H22O2. The molecule has 1 aliphatic heterocycles. The SMILES string of the molecule is OC(CC1CCOc2ccccc21)C1CC2CC2C1. The number of hydrogen-bond acceptors (Lipinski definition) is 2. The van der Waals surface area contributed by atoms with Gasteiger partial charge in [-0.15, -0.1) is 0 Å². The Morgan fingerprint density at radius 2 is 1.95 bits per heavy atom. The maximum Gasteiger partial charge on any atom is 0.122 e. The van der Waals surface area contributed by atoms with Gasteiger partial charge in [0.25, 0.3) is 0 Å². The van der Waals surface area contributed by atoms with Gasteiger partial charge >= 0.3 is 0 Å². The average molecular weight is 258 g/mol. The largest absolute Gasteiger partial charge is 0.493 e. The maximum absolute atomic E-state index is 10.5. The van der Waals surface area contributed by atoms with Gasteiger partial charge in [-0.05, 0) is 67.4 Å². The van der Waals surface area contributed by atoms with Crippen molar-refractivity contribution < 1.29 is 9.84 Å². The van der Waals surface area contributed by atoms with Gasteiger partial charge in [0.05, 0.1) is 12.7 Å². The molecule has 1 aromatic rings. The summed E-state index contributed by atoms with van der Waals surface area (Å²) in [6.07, 6.45) is 5.85. The van der Waals surface area contributed by atoms with E-state index in [1.807, 2.05) is 6.07 Å². The summed E-state index contributed by atoms with van der Waals surface area (Å²) >= 11 is 0. The van der Waals surface area contributed by atoms with Crippen LogP contribution in [0.15, 0.2) is 24.3 Å². The molecule has 4 rings (SSSR count). The smallest absolute Gasteiger partial charge is 0.122 e. The minimum Gasteiger partial charge on any atom is -0.493 e. The van der Waals surface area contributed by atoms with Gasteiger partial charge in [-0.2, -0.15) is 0 Å². The lowest BCUT2D eigenvalue weighted by molar-refractivity contribution is 0.0822. The molecule has 102 valence electrons. The van der Waals surface area contributed by atoms with E-state index in [1.54, 1.807) is 0 Å². The lowest BCUT2D eigenvalue weighted by atomic mass is 9.83. The molecule has 0 amide bonds. The third-order valence-electron chi connectivity index (χ3n) is 5.43. The Kier molecular flexibility index (Phi) is 2.80. The highest BCUT2D eigenvalue weighted by atomic mass is 16.5. The number of aliphatic hydroxyl groups is 1. The van der Waals surface area contributed by atoms with E-state index in [0.717, 1.165) is 37.0 Å². The summed E-state index contributed by atoms with van der Waals surface area (Å²) in [6, 6.07) is 8.33. The molecule has 0 radical (unpaired) electrons. The number of aliphatic hydroxyl groups excluding tert-OH is 1. The van der Waals surface area contributed by atoms with Crippen LogP contribution in [-0.4, -0.2) is 17.8 Å². The van der Waals surface area contributed by atoms with E-state index in [2.05, 4.69) is 18.2 Å². The minimum atomic E-state index is -0.107. The topological polar surface area (TPSA) is 29.5 Å². The normalized spacial score (nSPS) is 37.1. The van der Waals surface area contributed by atoms with Crippen LogP contribution in [0.1, 0.15) is 43.6 Å². The summed E-state index contributed by atoms with van der Waals surface area (Å²) in [5, 5.41) is 10.5. The minimum absolute atomic E-state index is 0.107. The van der Waals surface area contributed by atoms with Crippen molar-refractivity contribution in [3.05, 3.63) is 29.8 Å². The van der Waals surface area contributed by atoms with E-state index >= 15 is 0 Å². The van der Waals surface area contributed by atoms with Crippen molar-refractivity contribution in [2.24, 2.45) is 17.8 Å². The van der Waals surface area contributed by atoms with Gasteiger partial charge in [-0.25, -0.2) is 0 Å². The maximum atomic E-state index is 10.5. The number of para-hydroxylation sites is 1. The third kappa shape index (κ3) is 2.16. The van der Waals surface area contributed by atoms with Crippen LogP contribution in [0.25, 0.3) is 0 Å². The standard InChI is InChI=1S/C17H22O2/c18-16(14-8-12-7-13(12)9-14)10-11-5-6-19-17-4-2-1-3-15(11)17/h1-4,11-14,16,18H,5-10H2. The lowest BCUT2D eigenvalue weighted by Crippen LogP contribution is -2.24. The highest BCUT2D eigenvalue weighted by molar-refractivity contribution is 5.37. The Balaban J connectivity index is 1.45. The first-order chi connectivity index (χ1) is 9.31. The molecule has 2 aliphatic carbocycles. The molecule has 2 fully saturated rings. The zero-order valence-electron chi connectivity index (χ0n) is 11.3. The van der Waals surface area contributed by atoms with Crippen LogP contribution in [0.5, 0.6) is 5.75 Å². The fourth-order valence-electron chi connectivity index (χ4n) is 4.22. The van der Waals surface area contributed by atoms with Crippen LogP contribution >= 0.6 is 0 Å². The quantitative estimate of drug-likeness (QED) is 0.901. The molecule has 0 aromatic heterocycles. The molecule has 0 bridgehead atoms. The van der Waals surface area contributed by atoms with Crippen molar-refractivity contribution in [1.29, 1.82) is 0 Å². The van der Waals surface area contributed by atoms with Crippen LogP contribution in [0.4, 0.5) is 0 Å². The fraction of sp³-hybridized carbons (Fsp3) is 0.647. The predicted octanol–water partition coefficient (Wildman–Crippen LogP) is 3.35. The van der Waals surface area contributed by atoms with Crippen molar-refractivity contribution >= 4 is 0 Å². The molecule has 19 heavy (non-hydrogen) atoms. The zero-order valence-corrected chi connectivity index (χ0v) is 11.3. The van der Waals surface area contributed by atoms with E-state index in [9.17, 15) is 5.11 Å². The van der Waals surface area contributed by atoms with Gasteiger partial charge in [0, 0.05) is 0 Å². The van der Waals surface area contributed by atoms with E-state index in [0.29, 0.717) is 11.8 Å². The molecule has 3 aliphatic rings. The second-order valence-electron chi connectivity index (χ2n) is 6.66. The Morgan fingerprint density at radius 3 is 2.79 bits per heavy atom. The number of rotatable bonds is 3. The first kappa shape index (κ1) is 11.8. The number of ether oxygens (including phenoxy) is 1. The molecule has 2 heteroatoms. The highest BCUT2D eigenvalue weighted by Gasteiger charge is 2.47. The van der Waals surface area contributed by atoms with Crippen LogP contribution in [0, 0.1) is 17.8 Å². The molecule has 4 unspecified atom stereocenters. The first-order valence-electron chi connectivity index (χ1n) is 7.71. The van der Waals surface area contributed by atoms with Crippen molar-refractivity contribution in [3.63, 3.8) is 0 Å². The van der Waals surface area contributed by atoms with Gasteiger partial charge in [0.15, 0.2) is 0 Å². The molecular weight excluding hydrogens is 236 g/mol. The van der Waals surface area contributed by atoms with E-state index in [1.165, 1.54) is 24.8 Å². The highest BCUT2D eigenvalue weighted by Crippen LogP contribution is 2.55. The van der Waals surface area contributed by atoms with Crippen LogP contribution < -0.4 is 4.74 Å². The number of fused-ring (bicyclic) bond motifs is 2. The molecule has 1 N–H and O–H groups in total. The molecule has 2 saturated carbocycles. The summed E-state index contributed by atoms with van der Waals surface area (Å²) in [5.74, 6) is 4.00. The summed E-state index contributed by atoms with van der Waals surface area (Å²) in [4.78, 5) is 0. The van der Waals surface area contributed by atoms with Gasteiger partial charge < -0.3 is 9.84 Å². The molecule has 4 atom stereocenters. The van der Waals surface area contributed by atoms with Gasteiger partial charge in [-0.1, -0.05) is 18.2 Å². The second kappa shape index (κ2) is 4.52. The fourth-order valence-corrected chi connectivity index (χ4v) is 4.22. The van der Waals surface area contributed by atoms with E-state index in [4.69, 9.17) is 4.74 Å². The summed E-state index contributed by atoms with van der Waals surface area (Å²) in [7, 11) is 0. The Hall–Kier alpha value is -1.02. The third-order valence-corrected chi connectivity index (χ3v) is 5.43. The number of hydrogen-bond donors (Lipinski definition) is 1. The van der Waals surface area contributed by atoms with Crippen LogP contribution in [0.2, 0.25) is 0 Å². The first-order valence-corrected chi connectivity index (χ1v) is 7.71. The van der Waals surface area contributed by atoms with Gasteiger partial charge in [0.2, 0.25) is 0 Å². The average Bonchev–Trinajstić information content (AvgIpc) is 3.05. The van der Waals surface area contributed by atoms with Crippen molar-refractivity contribution in [3.8, 4) is 5.75 Å². The molecule has 1 aromatic carbocycles. The van der Waals surface area contributed by atoms with E-state index < -0.39 is 0 Å². The van der Waals surface area contributed by atoms with Gasteiger partial charge in [-0.3, -0.25) is 0 Å². The Labute approximate surface area is 114 Å². The molecule has 0 spiro atoms. The summed E-state index contributed by atoms with van der Waals surface area (Å²) < 4.78 is 5.70. The molecule has 0 saturated heterocycles. The Morgan fingerprint density at radius 1 is 1.16 bits per heavy atom. The van der Waals surface area contributed by atoms with Crippen LogP contribution in [0.3, 0.4) is 0 Å². The van der Waals surface area contributed by atoms with Crippen molar-refractivity contribution in [2.45, 2.75) is 44.1 Å².